The summed E-state index contributed by atoms with van der Waals surface area (Å²) in [6.07, 6.45) is 0. The molecule has 0 nitrogen and oxygen atoms in total. The summed E-state index contributed by atoms with van der Waals surface area (Å²) < 4.78 is 0. The van der Waals surface area contributed by atoms with Crippen LogP contribution in [0.4, 0.5) is 0 Å². The molecule has 27 valence electrons. The Bertz CT molecular complexity index is 3.25. The predicted molar refractivity (Wildman–Crippen MR) is 0 cm³/mol. The average Bonchev–Trinajstić information content (AvgIpc) is 0. The van der Waals surface area contributed by atoms with Crippen LogP contribution in [0.25, 0.3) is 0 Å². The molecule has 0 unspecified atom stereocenters. The Morgan fingerprint density at radius 3 is 0.500 bits per heavy atom. The van der Waals surface area contributed by atoms with E-state index < -0.39 is 0 Å². The largest absolute Gasteiger partial charge is 0 e. The summed E-state index contributed by atoms with van der Waals surface area (Å²) in [5.41, 5.74) is 0. The van der Waals surface area contributed by atoms with E-state index in [1.54, 1.807) is 0 Å². The molecule has 0 amide bonds. The van der Waals surface area contributed by atoms with Gasteiger partial charge in [-0.3, -0.25) is 0 Å². The smallest absolute Gasteiger partial charge is 0 e. The van der Waals surface area contributed by atoms with E-state index in [9.17, 15) is 0 Å². The van der Waals surface area contributed by atoms with E-state index in [-0.39, 0.29) is 82.3 Å². The summed E-state index contributed by atoms with van der Waals surface area (Å²) in [6.45, 7) is 0. The molecule has 0 atom stereocenters. The van der Waals surface area contributed by atoms with Crippen molar-refractivity contribution in [3.05, 3.63) is 0 Å². The fourth-order valence-electron chi connectivity index (χ4n) is 0. The van der Waals surface area contributed by atoms with Gasteiger partial charge >= 0.3 is 0 Å². The molecule has 0 aliphatic carbocycles. The zero-order chi connectivity index (χ0) is 0. The quantitative estimate of drug-likeness (QED) is 0.323. The van der Waals surface area contributed by atoms with Gasteiger partial charge in [0.1, 0.15) is 0 Å². The van der Waals surface area contributed by atoms with Crippen molar-refractivity contribution in [3.63, 3.8) is 0 Å². The molecule has 4 heavy (non-hydrogen) atoms. The number of hydrogen-bond donors (Lipinski definition) is 0. The summed E-state index contributed by atoms with van der Waals surface area (Å²) in [5.74, 6) is 0. The summed E-state index contributed by atoms with van der Waals surface area (Å²) in [5, 5.41) is 0. The summed E-state index contributed by atoms with van der Waals surface area (Å²) in [6, 6.07) is 0. The van der Waals surface area contributed by atoms with Crippen LogP contribution in [0, 0.1) is 0 Å². The zero-order valence-corrected chi connectivity index (χ0v) is 11.7. The first-order valence-electron chi connectivity index (χ1n) is 0. The first kappa shape index (κ1) is 30.0. The van der Waals surface area contributed by atoms with Crippen LogP contribution in [0.15, 0.2) is 0 Å². The van der Waals surface area contributed by atoms with Crippen molar-refractivity contribution >= 4 is 0 Å². The normalized spacial score (nSPS) is 0. The maximum Gasteiger partial charge on any atom is 0 e. The third-order valence-corrected chi connectivity index (χ3v) is 0. The van der Waals surface area contributed by atoms with Crippen LogP contribution < -0.4 is 0 Å². The van der Waals surface area contributed by atoms with E-state index in [0.29, 0.717) is 0 Å². The minimum absolute atomic E-state index is 0. The van der Waals surface area contributed by atoms with Gasteiger partial charge in [-0.1, -0.05) is 0 Å². The minimum Gasteiger partial charge on any atom is 0 e. The van der Waals surface area contributed by atoms with Crippen molar-refractivity contribution in [1.29, 1.82) is 0 Å². The van der Waals surface area contributed by atoms with Gasteiger partial charge in [-0.2, -0.15) is 0 Å². The van der Waals surface area contributed by atoms with Crippen molar-refractivity contribution in [3.8, 4) is 0 Å². The fourth-order valence-corrected chi connectivity index (χ4v) is 0. The van der Waals surface area contributed by atoms with Crippen LogP contribution in [0.2, 0.25) is 0 Å². The van der Waals surface area contributed by atoms with Crippen LogP contribution in [0.1, 0.15) is 0 Å². The van der Waals surface area contributed by atoms with Crippen LogP contribution in [-0.4, -0.2) is 0 Å². The van der Waals surface area contributed by atoms with Gasteiger partial charge < -0.3 is 0 Å². The Morgan fingerprint density at radius 1 is 0.500 bits per heavy atom. The molecule has 0 N–H and O–H groups in total. The van der Waals surface area contributed by atoms with Crippen LogP contribution in [-0.2, 0) is 82.3 Å². The molecule has 0 bridgehead atoms. The van der Waals surface area contributed by atoms with Gasteiger partial charge in [-0.15, -0.1) is 0 Å². The molecule has 0 aliphatic heterocycles. The second-order valence-corrected chi connectivity index (χ2v) is 0. The summed E-state index contributed by atoms with van der Waals surface area (Å²) in [7, 11) is 0. The molecule has 0 aromatic heterocycles. The molecule has 0 aliphatic rings. The first-order chi connectivity index (χ1) is 0. The molecule has 0 fully saturated rings. The van der Waals surface area contributed by atoms with Crippen LogP contribution in [0.5, 0.6) is 0 Å². The van der Waals surface area contributed by atoms with Gasteiger partial charge in [0, 0.05) is 82.3 Å². The predicted octanol–water partition coefficient (Wildman–Crippen LogP) is -0.0100. The Balaban J connectivity index is 0. The Labute approximate surface area is 81.1 Å². The van der Waals surface area contributed by atoms with Gasteiger partial charge in [0.25, 0.3) is 0 Å². The molecule has 0 saturated heterocycles. The van der Waals surface area contributed by atoms with Crippen molar-refractivity contribution in [2.45, 2.75) is 0 Å². The van der Waals surface area contributed by atoms with E-state index in [2.05, 4.69) is 0 Å². The van der Waals surface area contributed by atoms with E-state index in [1.165, 1.54) is 0 Å². The fraction of sp³-hybridized carbons (Fsp3) is 0. The summed E-state index contributed by atoms with van der Waals surface area (Å²) in [4.78, 5) is 0. The molecule has 0 saturated carbocycles. The van der Waals surface area contributed by atoms with Crippen molar-refractivity contribution < 1.29 is 82.3 Å². The Kier molecular flexibility index (Phi) is 130. The van der Waals surface area contributed by atoms with Gasteiger partial charge in [0.15, 0.2) is 0 Å². The van der Waals surface area contributed by atoms with Crippen LogP contribution in [0.3, 0.4) is 0 Å². The summed E-state index contributed by atoms with van der Waals surface area (Å²) >= 11 is 0. The SMILES string of the molecule is [Mo].[Re].[Re].[Re]. The maximum atomic E-state index is 0. The second-order valence-electron chi connectivity index (χ2n) is 0. The minimum atomic E-state index is 0. The van der Waals surface area contributed by atoms with Gasteiger partial charge in [0.05, 0.1) is 0 Å². The average molecular weight is 655 g/mol. The topological polar surface area (TPSA) is 0 Å². The molecular weight excluding hydrogens is 655 g/mol. The van der Waals surface area contributed by atoms with E-state index in [1.807, 2.05) is 0 Å². The second kappa shape index (κ2) is 17.3. The third kappa shape index (κ3) is 8.82. The molecule has 4 heteroatoms. The van der Waals surface area contributed by atoms with E-state index in [0.717, 1.165) is 0 Å². The molecular formula is MoRe3. The Hall–Kier alpha value is 2.68. The van der Waals surface area contributed by atoms with Crippen LogP contribution >= 0.6 is 0 Å². The van der Waals surface area contributed by atoms with Crippen molar-refractivity contribution in [2.24, 2.45) is 0 Å². The molecule has 3 radical (unpaired) electrons. The molecule has 0 aromatic rings. The van der Waals surface area contributed by atoms with Crippen molar-refractivity contribution in [1.82, 2.24) is 0 Å². The van der Waals surface area contributed by atoms with Gasteiger partial charge in [0.2, 0.25) is 0 Å². The first-order valence-corrected chi connectivity index (χ1v) is 0. The molecule has 0 aromatic carbocycles. The maximum absolute atomic E-state index is 0. The van der Waals surface area contributed by atoms with Gasteiger partial charge in [-0.05, 0) is 0 Å². The zero-order valence-electron chi connectivity index (χ0n) is 1.54. The van der Waals surface area contributed by atoms with Crippen molar-refractivity contribution in [2.75, 3.05) is 0 Å². The van der Waals surface area contributed by atoms with Gasteiger partial charge in [-0.25, -0.2) is 0 Å². The third-order valence-electron chi connectivity index (χ3n) is 0. The number of hydrogen-bond acceptors (Lipinski definition) is 0. The molecule has 0 heterocycles. The molecule has 0 spiro atoms. The standard InChI is InChI=1S/Mo.3Re. The monoisotopic (exact) mass is 659 g/mol. The number of rotatable bonds is 0. The van der Waals surface area contributed by atoms with E-state index >= 15 is 0 Å². The molecule has 0 rings (SSSR count). The van der Waals surface area contributed by atoms with E-state index in [4.69, 9.17) is 0 Å². The Morgan fingerprint density at radius 2 is 0.500 bits per heavy atom.